The summed E-state index contributed by atoms with van der Waals surface area (Å²) in [5, 5.41) is 9.99. The van der Waals surface area contributed by atoms with Crippen molar-refractivity contribution in [2.24, 2.45) is 0 Å². The lowest BCUT2D eigenvalue weighted by Crippen LogP contribution is -2.50. The van der Waals surface area contributed by atoms with Crippen LogP contribution in [0.1, 0.15) is 17.3 Å². The largest absolute Gasteiger partial charge is 0.392 e. The average molecular weight is 283 g/mol. The highest BCUT2D eigenvalue weighted by atomic mass is 35.5. The van der Waals surface area contributed by atoms with E-state index in [4.69, 9.17) is 11.6 Å². The molecule has 1 atom stereocenters. The average Bonchev–Trinajstić information content (AvgIpc) is 2.39. The van der Waals surface area contributed by atoms with Crippen molar-refractivity contribution in [3.8, 4) is 0 Å². The first-order chi connectivity index (χ1) is 9.06. The van der Waals surface area contributed by atoms with E-state index >= 15 is 0 Å². The number of rotatable bonds is 3. The van der Waals surface area contributed by atoms with Gasteiger partial charge >= 0.3 is 0 Å². The monoisotopic (exact) mass is 282 g/mol. The molecule has 1 saturated heterocycles. The smallest absolute Gasteiger partial charge is 0.253 e. The van der Waals surface area contributed by atoms with Gasteiger partial charge in [-0.3, -0.25) is 9.69 Å². The highest BCUT2D eigenvalue weighted by Gasteiger charge is 2.22. The molecule has 1 aliphatic heterocycles. The molecule has 1 unspecified atom stereocenters. The minimum Gasteiger partial charge on any atom is -0.392 e. The maximum absolute atomic E-state index is 12.3. The minimum absolute atomic E-state index is 0.0494. The van der Waals surface area contributed by atoms with Gasteiger partial charge in [-0.15, -0.1) is 0 Å². The Labute approximate surface area is 118 Å². The Morgan fingerprint density at radius 2 is 1.84 bits per heavy atom. The number of aliphatic hydroxyl groups excluding tert-OH is 1. The highest BCUT2D eigenvalue weighted by Crippen LogP contribution is 2.13. The Bertz CT molecular complexity index is 426. The number of hydrogen-bond acceptors (Lipinski definition) is 3. The lowest BCUT2D eigenvalue weighted by Gasteiger charge is -2.35. The summed E-state index contributed by atoms with van der Waals surface area (Å²) in [6, 6.07) is 6.98. The number of aliphatic hydroxyl groups is 1. The molecule has 1 aliphatic rings. The molecule has 19 heavy (non-hydrogen) atoms. The molecule has 4 nitrogen and oxygen atoms in total. The van der Waals surface area contributed by atoms with E-state index in [-0.39, 0.29) is 12.0 Å². The fourth-order valence-electron chi connectivity index (χ4n) is 2.28. The van der Waals surface area contributed by atoms with Gasteiger partial charge in [0.1, 0.15) is 0 Å². The van der Waals surface area contributed by atoms with E-state index in [1.165, 1.54) is 0 Å². The van der Waals surface area contributed by atoms with Crippen LogP contribution in [0.4, 0.5) is 0 Å². The van der Waals surface area contributed by atoms with Crippen LogP contribution >= 0.6 is 11.6 Å². The Kier molecular flexibility index (Phi) is 4.80. The summed E-state index contributed by atoms with van der Waals surface area (Å²) in [5.41, 5.74) is 0.674. The molecular weight excluding hydrogens is 264 g/mol. The maximum Gasteiger partial charge on any atom is 0.253 e. The van der Waals surface area contributed by atoms with Gasteiger partial charge in [-0.05, 0) is 31.2 Å². The van der Waals surface area contributed by atoms with Crippen LogP contribution in [0.2, 0.25) is 5.02 Å². The van der Waals surface area contributed by atoms with E-state index in [0.29, 0.717) is 30.2 Å². The summed E-state index contributed by atoms with van der Waals surface area (Å²) in [7, 11) is 0. The van der Waals surface area contributed by atoms with Crippen molar-refractivity contribution in [2.75, 3.05) is 32.7 Å². The van der Waals surface area contributed by atoms with Crippen LogP contribution in [0.15, 0.2) is 24.3 Å². The molecule has 1 amide bonds. The molecule has 0 saturated carbocycles. The number of piperazine rings is 1. The van der Waals surface area contributed by atoms with E-state index < -0.39 is 0 Å². The van der Waals surface area contributed by atoms with Crippen LogP contribution in [0.5, 0.6) is 0 Å². The zero-order chi connectivity index (χ0) is 13.8. The normalized spacial score (nSPS) is 18.4. The summed E-state index contributed by atoms with van der Waals surface area (Å²) >= 11 is 5.81. The van der Waals surface area contributed by atoms with Crippen molar-refractivity contribution in [1.29, 1.82) is 0 Å². The summed E-state index contributed by atoms with van der Waals surface area (Å²) in [5.74, 6) is 0.0494. The molecule has 104 valence electrons. The third-order valence-corrected chi connectivity index (χ3v) is 3.53. The number of amides is 1. The van der Waals surface area contributed by atoms with Crippen molar-refractivity contribution < 1.29 is 9.90 Å². The number of hydrogen-bond donors (Lipinski definition) is 1. The van der Waals surface area contributed by atoms with E-state index in [9.17, 15) is 9.90 Å². The van der Waals surface area contributed by atoms with Crippen LogP contribution in [-0.4, -0.2) is 59.6 Å². The van der Waals surface area contributed by atoms with E-state index in [0.717, 1.165) is 13.1 Å². The van der Waals surface area contributed by atoms with Gasteiger partial charge in [-0.25, -0.2) is 0 Å². The summed E-state index contributed by atoms with van der Waals surface area (Å²) in [6.45, 7) is 5.48. The van der Waals surface area contributed by atoms with Crippen molar-refractivity contribution in [3.05, 3.63) is 34.9 Å². The first-order valence-corrected chi connectivity index (χ1v) is 6.89. The van der Waals surface area contributed by atoms with Gasteiger partial charge < -0.3 is 10.0 Å². The molecule has 5 heteroatoms. The molecule has 0 bridgehead atoms. The SMILES string of the molecule is CC(O)CN1CCN(C(=O)c2ccc(Cl)cc2)CC1. The minimum atomic E-state index is -0.321. The third-order valence-electron chi connectivity index (χ3n) is 3.27. The van der Waals surface area contributed by atoms with Gasteiger partial charge in [0.15, 0.2) is 0 Å². The van der Waals surface area contributed by atoms with Crippen LogP contribution < -0.4 is 0 Å². The first-order valence-electron chi connectivity index (χ1n) is 6.51. The van der Waals surface area contributed by atoms with E-state index in [1.807, 2.05) is 4.90 Å². The Morgan fingerprint density at radius 3 is 2.37 bits per heavy atom. The second kappa shape index (κ2) is 6.37. The Balaban J connectivity index is 1.90. The number of carbonyl (C=O) groups excluding carboxylic acids is 1. The van der Waals surface area contributed by atoms with Gasteiger partial charge in [0, 0.05) is 43.3 Å². The molecule has 1 aromatic rings. The predicted octanol–water partition coefficient (Wildman–Crippen LogP) is 1.48. The van der Waals surface area contributed by atoms with Gasteiger partial charge in [0.05, 0.1) is 6.10 Å². The predicted molar refractivity (Wildman–Crippen MR) is 75.5 cm³/mol. The summed E-state index contributed by atoms with van der Waals surface area (Å²) in [6.07, 6.45) is -0.321. The second-order valence-electron chi connectivity index (χ2n) is 4.95. The summed E-state index contributed by atoms with van der Waals surface area (Å²) < 4.78 is 0. The standard InChI is InChI=1S/C14H19ClN2O2/c1-11(18)10-16-6-8-17(9-7-16)14(19)12-2-4-13(15)5-3-12/h2-5,11,18H,6-10H2,1H3. The molecule has 1 aromatic carbocycles. The van der Waals surface area contributed by atoms with Crippen LogP contribution in [-0.2, 0) is 0 Å². The van der Waals surface area contributed by atoms with Crippen LogP contribution in [0, 0.1) is 0 Å². The van der Waals surface area contributed by atoms with Crippen LogP contribution in [0.3, 0.4) is 0 Å². The van der Waals surface area contributed by atoms with Crippen molar-refractivity contribution in [3.63, 3.8) is 0 Å². The molecule has 0 spiro atoms. The number of β-amino-alcohol motifs (C(OH)–C–C–N with tert-alkyl or cyclic N) is 1. The second-order valence-corrected chi connectivity index (χ2v) is 5.39. The van der Waals surface area contributed by atoms with Crippen molar-refractivity contribution >= 4 is 17.5 Å². The van der Waals surface area contributed by atoms with Gasteiger partial charge in [-0.2, -0.15) is 0 Å². The zero-order valence-corrected chi connectivity index (χ0v) is 11.8. The lowest BCUT2D eigenvalue weighted by molar-refractivity contribution is 0.0554. The molecular formula is C14H19ClN2O2. The molecule has 0 aliphatic carbocycles. The number of benzene rings is 1. The lowest BCUT2D eigenvalue weighted by atomic mass is 10.2. The highest BCUT2D eigenvalue weighted by molar-refractivity contribution is 6.30. The third kappa shape index (κ3) is 3.93. The molecule has 1 fully saturated rings. The van der Waals surface area contributed by atoms with E-state index in [1.54, 1.807) is 31.2 Å². The van der Waals surface area contributed by atoms with Gasteiger partial charge in [0.2, 0.25) is 0 Å². The zero-order valence-electron chi connectivity index (χ0n) is 11.1. The molecule has 1 N–H and O–H groups in total. The van der Waals surface area contributed by atoms with Crippen molar-refractivity contribution in [1.82, 2.24) is 9.80 Å². The van der Waals surface area contributed by atoms with Crippen molar-refractivity contribution in [2.45, 2.75) is 13.0 Å². The topological polar surface area (TPSA) is 43.8 Å². The molecule has 1 heterocycles. The Hall–Kier alpha value is -1.10. The fourth-order valence-corrected chi connectivity index (χ4v) is 2.41. The number of nitrogens with zero attached hydrogens (tertiary/aromatic N) is 2. The Morgan fingerprint density at radius 1 is 1.26 bits per heavy atom. The maximum atomic E-state index is 12.3. The number of halogens is 1. The molecule has 0 radical (unpaired) electrons. The van der Waals surface area contributed by atoms with Crippen LogP contribution in [0.25, 0.3) is 0 Å². The molecule has 2 rings (SSSR count). The molecule has 0 aromatic heterocycles. The van der Waals surface area contributed by atoms with Gasteiger partial charge in [0.25, 0.3) is 5.91 Å². The van der Waals surface area contributed by atoms with Gasteiger partial charge in [-0.1, -0.05) is 11.6 Å². The fraction of sp³-hybridized carbons (Fsp3) is 0.500. The quantitative estimate of drug-likeness (QED) is 0.913. The number of carbonyl (C=O) groups is 1. The summed E-state index contributed by atoms with van der Waals surface area (Å²) in [4.78, 5) is 16.3. The first kappa shape index (κ1) is 14.3. The van der Waals surface area contributed by atoms with E-state index in [2.05, 4.69) is 4.90 Å².